The van der Waals surface area contributed by atoms with E-state index in [2.05, 4.69) is 29.1 Å². The fraction of sp³-hybridized carbons (Fsp3) is 0.278. The second kappa shape index (κ2) is 7.72. The average Bonchev–Trinajstić information content (AvgIpc) is 3.00. The fourth-order valence-corrected chi connectivity index (χ4v) is 4.39. The van der Waals surface area contributed by atoms with E-state index in [0.29, 0.717) is 16.2 Å². The van der Waals surface area contributed by atoms with Crippen molar-refractivity contribution >= 4 is 56.5 Å². The van der Waals surface area contributed by atoms with Crippen molar-refractivity contribution in [3.63, 3.8) is 0 Å². The minimum atomic E-state index is -0.335. The molecular weight excluding hydrogens is 374 g/mol. The number of hydrogen-bond acceptors (Lipinski definition) is 5. The topological polar surface area (TPSA) is 54.9 Å². The molecule has 0 saturated carbocycles. The van der Waals surface area contributed by atoms with E-state index in [9.17, 15) is 4.79 Å². The first-order valence-corrected chi connectivity index (χ1v) is 10.0. The minimum absolute atomic E-state index is 0.0925. The summed E-state index contributed by atoms with van der Waals surface area (Å²) in [6.45, 7) is 6.10. The quantitative estimate of drug-likeness (QED) is 0.350. The van der Waals surface area contributed by atoms with Gasteiger partial charge in [0.15, 0.2) is 5.16 Å². The van der Waals surface area contributed by atoms with E-state index >= 15 is 0 Å². The summed E-state index contributed by atoms with van der Waals surface area (Å²) in [5.41, 5.74) is 0.772. The number of aromatic nitrogens is 2. The van der Waals surface area contributed by atoms with Crippen LogP contribution in [0.4, 0.5) is 5.69 Å². The number of carbonyl (C=O) groups excluding carboxylic acids is 1. The van der Waals surface area contributed by atoms with Crippen LogP contribution in [0.3, 0.4) is 0 Å². The molecule has 1 aromatic carbocycles. The van der Waals surface area contributed by atoms with Crippen LogP contribution in [0.25, 0.3) is 10.2 Å². The summed E-state index contributed by atoms with van der Waals surface area (Å²) in [6.07, 6.45) is 0. The molecular formula is C18H18ClN3OS2. The summed E-state index contributed by atoms with van der Waals surface area (Å²) < 4.78 is 0. The number of carbonyl (C=O) groups is 1. The molecule has 0 spiro atoms. The van der Waals surface area contributed by atoms with Crippen molar-refractivity contribution in [2.45, 2.75) is 37.1 Å². The fourth-order valence-electron chi connectivity index (χ4n) is 2.20. The Morgan fingerprint density at radius 2 is 1.92 bits per heavy atom. The lowest BCUT2D eigenvalue weighted by Gasteiger charge is -2.11. The van der Waals surface area contributed by atoms with Gasteiger partial charge in [-0.05, 0) is 31.0 Å². The third-order valence-corrected chi connectivity index (χ3v) is 6.19. The zero-order valence-corrected chi connectivity index (χ0v) is 16.5. The van der Waals surface area contributed by atoms with Crippen LogP contribution in [0.15, 0.2) is 41.6 Å². The van der Waals surface area contributed by atoms with Gasteiger partial charge in [-0.15, -0.1) is 11.3 Å². The number of thiophene rings is 1. The average molecular weight is 392 g/mol. The molecule has 3 rings (SSSR count). The Balaban J connectivity index is 1.76. The zero-order chi connectivity index (χ0) is 18.0. The van der Waals surface area contributed by atoms with Crippen molar-refractivity contribution in [1.29, 1.82) is 0 Å². The lowest BCUT2D eigenvalue weighted by molar-refractivity contribution is -0.115. The van der Waals surface area contributed by atoms with Gasteiger partial charge in [0.05, 0.1) is 5.25 Å². The summed E-state index contributed by atoms with van der Waals surface area (Å²) in [5.74, 6) is 0.326. The lowest BCUT2D eigenvalue weighted by atomic mass is 10.2. The second-order valence-electron chi connectivity index (χ2n) is 5.93. The van der Waals surface area contributed by atoms with Crippen LogP contribution in [0.5, 0.6) is 0 Å². The number of hydrogen-bond donors (Lipinski definition) is 1. The van der Waals surface area contributed by atoms with Crippen LogP contribution >= 0.6 is 34.7 Å². The van der Waals surface area contributed by atoms with E-state index in [0.717, 1.165) is 15.9 Å². The lowest BCUT2D eigenvalue weighted by Crippen LogP contribution is -2.22. The number of halogens is 1. The van der Waals surface area contributed by atoms with E-state index in [1.165, 1.54) is 16.6 Å². The number of benzene rings is 1. The molecule has 4 nitrogen and oxygen atoms in total. The predicted molar refractivity (Wildman–Crippen MR) is 107 cm³/mol. The molecule has 25 heavy (non-hydrogen) atoms. The van der Waals surface area contributed by atoms with Gasteiger partial charge in [-0.3, -0.25) is 4.79 Å². The van der Waals surface area contributed by atoms with E-state index in [1.54, 1.807) is 11.3 Å². The molecule has 0 aliphatic heterocycles. The zero-order valence-electron chi connectivity index (χ0n) is 14.1. The maximum Gasteiger partial charge on any atom is 0.237 e. The van der Waals surface area contributed by atoms with Crippen LogP contribution in [-0.2, 0) is 4.79 Å². The van der Waals surface area contributed by atoms with E-state index in [-0.39, 0.29) is 11.2 Å². The number of para-hydroxylation sites is 1. The highest BCUT2D eigenvalue weighted by molar-refractivity contribution is 8.00. The third-order valence-electron chi connectivity index (χ3n) is 3.61. The van der Waals surface area contributed by atoms with Crippen molar-refractivity contribution in [1.82, 2.24) is 9.97 Å². The molecule has 7 heteroatoms. The van der Waals surface area contributed by atoms with Gasteiger partial charge in [-0.1, -0.05) is 55.4 Å². The number of rotatable bonds is 5. The molecule has 0 bridgehead atoms. The Labute approximate surface area is 160 Å². The molecule has 0 saturated heterocycles. The standard InChI is InChI=1S/C18H18ClN3OS2/c1-10(2)14-9-13-15(19)21-18(22-17(13)25-14)24-11(3)16(23)20-12-7-5-4-6-8-12/h4-11H,1-3H3,(H,20,23). The van der Waals surface area contributed by atoms with Crippen LogP contribution < -0.4 is 5.32 Å². The summed E-state index contributed by atoms with van der Waals surface area (Å²) in [5, 5.41) is 4.38. The van der Waals surface area contributed by atoms with Gasteiger partial charge in [0.1, 0.15) is 9.98 Å². The van der Waals surface area contributed by atoms with Crippen molar-refractivity contribution in [3.8, 4) is 0 Å². The number of nitrogens with one attached hydrogen (secondary N) is 1. The molecule has 0 aliphatic carbocycles. The molecule has 130 valence electrons. The van der Waals surface area contributed by atoms with Gasteiger partial charge in [0, 0.05) is 16.0 Å². The Morgan fingerprint density at radius 1 is 1.20 bits per heavy atom. The van der Waals surface area contributed by atoms with Crippen molar-refractivity contribution in [2.75, 3.05) is 5.32 Å². The van der Waals surface area contributed by atoms with Crippen LogP contribution in [-0.4, -0.2) is 21.1 Å². The van der Waals surface area contributed by atoms with Crippen molar-refractivity contribution in [2.24, 2.45) is 0 Å². The first-order valence-electron chi connectivity index (χ1n) is 7.93. The van der Waals surface area contributed by atoms with Gasteiger partial charge in [-0.2, -0.15) is 0 Å². The van der Waals surface area contributed by atoms with Crippen LogP contribution in [0.2, 0.25) is 5.15 Å². The smallest absolute Gasteiger partial charge is 0.237 e. The molecule has 1 unspecified atom stereocenters. The minimum Gasteiger partial charge on any atom is -0.325 e. The van der Waals surface area contributed by atoms with E-state index in [1.807, 2.05) is 43.3 Å². The molecule has 1 N–H and O–H groups in total. The SMILES string of the molecule is CC(Sc1nc(Cl)c2cc(C(C)C)sc2n1)C(=O)Nc1ccccc1. The molecule has 0 aliphatic rings. The predicted octanol–water partition coefficient (Wildman–Crippen LogP) is 5.59. The largest absolute Gasteiger partial charge is 0.325 e. The van der Waals surface area contributed by atoms with Crippen molar-refractivity contribution in [3.05, 3.63) is 46.4 Å². The summed E-state index contributed by atoms with van der Waals surface area (Å²) in [7, 11) is 0. The molecule has 3 aromatic rings. The maximum atomic E-state index is 12.3. The molecule has 0 fully saturated rings. The number of nitrogens with zero attached hydrogens (tertiary/aromatic N) is 2. The first kappa shape index (κ1) is 18.2. The van der Waals surface area contributed by atoms with Gasteiger partial charge >= 0.3 is 0 Å². The maximum absolute atomic E-state index is 12.3. The second-order valence-corrected chi connectivity index (χ2v) is 8.66. The highest BCUT2D eigenvalue weighted by Crippen LogP contribution is 2.34. The van der Waals surface area contributed by atoms with Gasteiger partial charge in [0.2, 0.25) is 5.91 Å². The Bertz CT molecular complexity index is 896. The molecule has 1 amide bonds. The highest BCUT2D eigenvalue weighted by atomic mass is 35.5. The number of anilines is 1. The number of fused-ring (bicyclic) bond motifs is 1. The Morgan fingerprint density at radius 3 is 2.60 bits per heavy atom. The summed E-state index contributed by atoms with van der Waals surface area (Å²) >= 11 is 9.24. The molecule has 1 atom stereocenters. The molecule has 2 heterocycles. The van der Waals surface area contributed by atoms with Crippen LogP contribution in [0, 0.1) is 0 Å². The molecule has 2 aromatic heterocycles. The first-order chi connectivity index (χ1) is 11.9. The van der Waals surface area contributed by atoms with Crippen molar-refractivity contribution < 1.29 is 4.79 Å². The molecule has 0 radical (unpaired) electrons. The number of thioether (sulfide) groups is 1. The van der Waals surface area contributed by atoms with Gasteiger partial charge in [0.25, 0.3) is 0 Å². The third kappa shape index (κ3) is 4.32. The summed E-state index contributed by atoms with van der Waals surface area (Å²) in [4.78, 5) is 23.4. The number of amides is 1. The highest BCUT2D eigenvalue weighted by Gasteiger charge is 2.18. The van der Waals surface area contributed by atoms with E-state index < -0.39 is 0 Å². The Hall–Kier alpha value is -1.63. The van der Waals surface area contributed by atoms with E-state index in [4.69, 9.17) is 11.6 Å². The van der Waals surface area contributed by atoms with Crippen LogP contribution in [0.1, 0.15) is 31.6 Å². The summed E-state index contributed by atoms with van der Waals surface area (Å²) in [6, 6.07) is 11.4. The van der Waals surface area contributed by atoms with Gasteiger partial charge < -0.3 is 5.32 Å². The Kier molecular flexibility index (Phi) is 5.61. The normalized spacial score (nSPS) is 12.5. The van der Waals surface area contributed by atoms with Gasteiger partial charge in [-0.25, -0.2) is 9.97 Å². The monoisotopic (exact) mass is 391 g/mol.